The van der Waals surface area contributed by atoms with E-state index in [1.165, 1.54) is 27.2 Å². The summed E-state index contributed by atoms with van der Waals surface area (Å²) in [5.74, 6) is -14.8. The number of allylic oxidation sites excluding steroid dienone is 1. The molecule has 2 aromatic heterocycles. The predicted molar refractivity (Wildman–Crippen MR) is 460 cm³/mol. The molecule has 3 fully saturated rings. The fourth-order valence-corrected chi connectivity index (χ4v) is 15.4. The number of para-hydroxylation sites is 1. The van der Waals surface area contributed by atoms with E-state index in [9.17, 15) is 63.3 Å². The Labute approximate surface area is 730 Å². The molecule has 0 bridgehead atoms. The lowest BCUT2D eigenvalue weighted by molar-refractivity contribution is -0.148. The molecule has 13 amide bonds. The highest BCUT2D eigenvalue weighted by atomic mass is 16.4. The second-order valence-electron chi connectivity index (χ2n) is 32.2. The number of fused-ring (bicyclic) bond motifs is 1. The van der Waals surface area contributed by atoms with Crippen LogP contribution in [0.5, 0.6) is 0 Å². The van der Waals surface area contributed by atoms with Crippen LogP contribution in [0.1, 0.15) is 160 Å². The van der Waals surface area contributed by atoms with Crippen LogP contribution in [0, 0.1) is 18.3 Å². The van der Waals surface area contributed by atoms with Crippen molar-refractivity contribution in [3.8, 4) is 0 Å². The van der Waals surface area contributed by atoms with Crippen molar-refractivity contribution in [2.24, 2.45) is 23.1 Å². The number of carboxylic acids is 3. The van der Waals surface area contributed by atoms with Crippen molar-refractivity contribution in [3.05, 3.63) is 109 Å². The van der Waals surface area contributed by atoms with Gasteiger partial charge in [0.1, 0.15) is 60.4 Å². The Morgan fingerprint density at radius 2 is 1.27 bits per heavy atom. The van der Waals surface area contributed by atoms with Crippen molar-refractivity contribution < 1.29 is 92.0 Å². The van der Waals surface area contributed by atoms with Gasteiger partial charge in [-0.3, -0.25) is 82.2 Å². The highest BCUT2D eigenvalue weighted by Crippen LogP contribution is 2.28. The molecule has 42 heteroatoms. The van der Waals surface area contributed by atoms with Crippen LogP contribution in [0.15, 0.2) is 85.2 Å². The number of hydrogen-bond acceptors (Lipinski definition) is 22. The fourth-order valence-electron chi connectivity index (χ4n) is 15.4. The standard InChI is InChI=1S/C84H123N23O19/c1-5-6-29-67(85)90-34-14-25-59(75(118)97-53(30-33-69(110)111)45-94-57(74(117)104-72(49(2)3)73(86)116)23-12-13-37-105(46-70(112)113)47-71(114)115)99-81(124)65-27-17-38-106(65)83(126)66-28-18-39-107(66)82(125)61-31-32-68(109)91-35-15-24-58(96-50(4)108)76(119)103-64(42-54-44-89-48-95-54)80(123)101-62(40-51-19-8-7-9-20-51)78(121)98-60(26-16-36-92-84(87)88)77(120)102-63(79(122)100-61)41-52-43-93-56-22-11-10-21-55(52)56/h7-11,19-22,29,43-44,48-49,53,57-66,72,90,93-94H,4-6,12-18,23-28,30-42,45-47,85H2,1-3H3,(H19-,86,87,88,89,91,92,95,96,97,98,99,100,101,102,103,104,108,109,110,111,112,113,114,115,116,117,118,119,120,121,122,123,124)/p+1/b67-29+. The van der Waals surface area contributed by atoms with Crippen LogP contribution in [0.4, 0.5) is 0 Å². The maximum atomic E-state index is 15.7. The fraction of sp³-hybridized carbons (Fsp3) is 0.560. The number of H-pyrrole nitrogens is 2. The number of rotatable bonds is 43. The highest BCUT2D eigenvalue weighted by Gasteiger charge is 2.46. The number of unbranched alkanes of at least 4 members (excludes halogenated alkanes) is 2. The van der Waals surface area contributed by atoms with Crippen LogP contribution in [0.2, 0.25) is 0 Å². The Morgan fingerprint density at radius 1 is 0.651 bits per heavy atom. The maximum absolute atomic E-state index is 15.7. The number of aromatic amines is 2. The minimum atomic E-state index is -1.63. The summed E-state index contributed by atoms with van der Waals surface area (Å²) in [4.78, 5) is 239. The molecule has 3 saturated heterocycles. The summed E-state index contributed by atoms with van der Waals surface area (Å²) >= 11 is 0. The molecule has 0 saturated carbocycles. The zero-order valence-electron chi connectivity index (χ0n) is 71.5. The molecule has 12 atom stereocenters. The van der Waals surface area contributed by atoms with Gasteiger partial charge in [-0.25, -0.2) is 9.78 Å². The molecule has 688 valence electrons. The van der Waals surface area contributed by atoms with Crippen LogP contribution < -0.4 is 86.3 Å². The largest absolute Gasteiger partial charge is 0.481 e. The molecule has 2 aromatic carbocycles. The minimum Gasteiger partial charge on any atom is -0.481 e. The van der Waals surface area contributed by atoms with Crippen LogP contribution in [-0.4, -0.2) is 277 Å². The molecule has 0 radical (unpaired) electrons. The number of nitrogens with zero attached hydrogens (tertiary/aromatic N) is 4. The van der Waals surface area contributed by atoms with Gasteiger partial charge in [0.25, 0.3) is 0 Å². The summed E-state index contributed by atoms with van der Waals surface area (Å²) in [6.07, 6.45) is 6.52. The lowest BCUT2D eigenvalue weighted by atomic mass is 10.0. The van der Waals surface area contributed by atoms with E-state index in [2.05, 4.69) is 91.0 Å². The lowest BCUT2D eigenvalue weighted by Crippen LogP contribution is -2.61. The smallest absolute Gasteiger partial charge is 0.399 e. The number of benzene rings is 2. The molecular weight excluding hydrogens is 1640 g/mol. The third kappa shape index (κ3) is 33.3. The van der Waals surface area contributed by atoms with E-state index in [0.29, 0.717) is 40.0 Å². The molecule has 5 heterocycles. The summed E-state index contributed by atoms with van der Waals surface area (Å²) in [6.45, 7) is 7.32. The molecule has 12 unspecified atom stereocenters. The number of aromatic nitrogens is 3. The number of aliphatic carboxylic acids is 3. The van der Waals surface area contributed by atoms with Gasteiger partial charge in [-0.05, 0) is 132 Å². The van der Waals surface area contributed by atoms with Crippen molar-refractivity contribution >= 4 is 112 Å². The topological polar surface area (TPSA) is 646 Å². The van der Waals surface area contributed by atoms with Crippen molar-refractivity contribution in [2.45, 2.75) is 235 Å². The molecule has 126 heavy (non-hydrogen) atoms. The quantitative estimate of drug-likeness (QED) is 0.00953. The molecule has 3 aliphatic rings. The monoisotopic (exact) mass is 1760 g/mol. The van der Waals surface area contributed by atoms with Gasteiger partial charge in [0.05, 0.1) is 31.3 Å². The van der Waals surface area contributed by atoms with Gasteiger partial charge in [-0.1, -0.05) is 82.1 Å². The zero-order valence-corrected chi connectivity index (χ0v) is 71.5. The van der Waals surface area contributed by atoms with Crippen LogP contribution in [-0.2, 0) is 96.0 Å². The zero-order chi connectivity index (χ0) is 91.9. The number of primary amides is 1. The average Bonchev–Trinajstić information content (AvgIpc) is 1.65. The number of nitrogens with two attached hydrogens (primary N) is 3. The van der Waals surface area contributed by atoms with Gasteiger partial charge in [0, 0.05) is 106 Å². The van der Waals surface area contributed by atoms with Gasteiger partial charge >= 0.3 is 23.8 Å². The number of nitrogens with one attached hydrogen (secondary N) is 16. The Bertz CT molecular complexity index is 4400. The maximum Gasteiger partial charge on any atom is 0.399 e. The summed E-state index contributed by atoms with van der Waals surface area (Å²) in [6, 6.07) is -0.538. The van der Waals surface area contributed by atoms with Gasteiger partial charge in [-0.2, -0.15) is 0 Å². The van der Waals surface area contributed by atoms with Gasteiger partial charge < -0.3 is 121 Å². The van der Waals surface area contributed by atoms with E-state index in [4.69, 9.17) is 22.6 Å². The summed E-state index contributed by atoms with van der Waals surface area (Å²) < 4.78 is 0. The molecule has 42 nitrogen and oxygen atoms in total. The third-order valence-electron chi connectivity index (χ3n) is 21.9. The molecule has 0 spiro atoms. The van der Waals surface area contributed by atoms with Crippen molar-refractivity contribution in [3.63, 3.8) is 0 Å². The average molecular weight is 1760 g/mol. The Balaban J connectivity index is 1.20. The summed E-state index contributed by atoms with van der Waals surface area (Å²) in [5, 5.41) is 73.6. The van der Waals surface area contributed by atoms with Crippen LogP contribution in [0.25, 0.3) is 10.9 Å². The Morgan fingerprint density at radius 3 is 1.92 bits per heavy atom. The molecule has 0 aliphatic carbocycles. The predicted octanol–water partition coefficient (Wildman–Crippen LogP) is -2.37. The van der Waals surface area contributed by atoms with E-state index in [1.54, 1.807) is 80.7 Å². The Kier molecular flexibility index (Phi) is 40.9. The van der Waals surface area contributed by atoms with E-state index in [0.717, 1.165) is 6.42 Å². The first-order chi connectivity index (χ1) is 60.2. The number of hydrogen-bond donors (Lipinski definition) is 22. The minimum absolute atomic E-state index is 0.00372. The Hall–Kier alpha value is -12.9. The summed E-state index contributed by atoms with van der Waals surface area (Å²) in [5.41, 5.74) is 19.7. The van der Waals surface area contributed by atoms with E-state index < -0.39 is 211 Å². The van der Waals surface area contributed by atoms with Crippen LogP contribution >= 0.6 is 0 Å². The number of likely N-dealkylation sites (tertiary alicyclic amines) is 2. The third-order valence-corrected chi connectivity index (χ3v) is 21.9. The molecule has 25 N–H and O–H groups in total. The van der Waals surface area contributed by atoms with E-state index in [1.807, 2.05) is 6.92 Å². The van der Waals surface area contributed by atoms with E-state index >= 15 is 28.8 Å². The van der Waals surface area contributed by atoms with Gasteiger partial charge in [-0.15, -0.1) is 0 Å². The number of imidazole rings is 1. The summed E-state index contributed by atoms with van der Waals surface area (Å²) in [7, 11) is 0. The molecule has 4 aromatic rings. The van der Waals surface area contributed by atoms with E-state index in [-0.39, 0.29) is 155 Å². The van der Waals surface area contributed by atoms with Crippen LogP contribution in [0.3, 0.4) is 0 Å². The van der Waals surface area contributed by atoms with Crippen molar-refractivity contribution in [1.29, 1.82) is 5.41 Å². The van der Waals surface area contributed by atoms with Gasteiger partial charge in [0.15, 0.2) is 12.9 Å². The second-order valence-corrected chi connectivity index (χ2v) is 32.2. The number of carbonyl (C=O) groups is 16. The number of guanidine groups is 1. The number of amides is 13. The normalized spacial score (nSPS) is 20.6. The first-order valence-corrected chi connectivity index (χ1v) is 42.9. The highest BCUT2D eigenvalue weighted by molar-refractivity contribution is 6.00. The second kappa shape index (κ2) is 51.4. The number of carbonyl (C=O) groups excluding carboxylic acids is 13. The molecule has 7 rings (SSSR count). The molecular formula is C84H124N23O19+. The SMILES string of the molecule is [CH2+]C(=O)NC1CCCNC(=O)CCC(C(=O)N2CCCC2C(=O)N2CCCC2C(=O)NC(CCCN/C(N)=C/CCC)C(=O)NC(CCC(=O)O)CNC(CCCCN(CC(=O)O)CC(=O)O)C(=O)NC(C(N)=O)C(C)C)NC(=O)C(Cc2c[nH]c3ccccc23)NC(=O)C(CCCNC(=N)N)NC(=O)C(Cc2ccccc2)NC(=O)C(Cc2cnc[nH]2)NC1=O. The van der Waals surface area contributed by atoms with Crippen molar-refractivity contribution in [2.75, 3.05) is 58.9 Å². The number of carboxylic acid groups (broad SMARTS) is 3. The van der Waals surface area contributed by atoms with Crippen molar-refractivity contribution in [1.82, 2.24) is 98.8 Å². The molecule has 3 aliphatic heterocycles. The first kappa shape index (κ1) is 100. The lowest BCUT2D eigenvalue weighted by Gasteiger charge is -2.34. The van der Waals surface area contributed by atoms with Gasteiger partial charge in [0.2, 0.25) is 70.9 Å². The first-order valence-electron chi connectivity index (χ1n) is 42.9.